The minimum atomic E-state index is 0.192. The number of anilines is 2. The fourth-order valence-corrected chi connectivity index (χ4v) is 4.30. The predicted molar refractivity (Wildman–Crippen MR) is 101 cm³/mol. The summed E-state index contributed by atoms with van der Waals surface area (Å²) >= 11 is 1.76. The summed E-state index contributed by atoms with van der Waals surface area (Å²) in [7, 11) is 0. The van der Waals surface area contributed by atoms with Gasteiger partial charge >= 0.3 is 0 Å². The van der Waals surface area contributed by atoms with Crippen molar-refractivity contribution in [2.75, 3.05) is 11.5 Å². The van der Waals surface area contributed by atoms with Crippen LogP contribution in [0.25, 0.3) is 42.3 Å². The summed E-state index contributed by atoms with van der Waals surface area (Å²) in [6.07, 6.45) is 1.91. The van der Waals surface area contributed by atoms with Crippen molar-refractivity contribution in [3.05, 3.63) is 48.7 Å². The van der Waals surface area contributed by atoms with Crippen molar-refractivity contribution < 1.29 is 0 Å². The Morgan fingerprint density at radius 2 is 1.88 bits per heavy atom. The highest BCUT2D eigenvalue weighted by molar-refractivity contribution is 7.22. The lowest BCUT2D eigenvalue weighted by Crippen LogP contribution is -2.01. The monoisotopic (exact) mass is 331 g/mol. The van der Waals surface area contributed by atoms with Crippen LogP contribution in [0.15, 0.2) is 48.7 Å². The fraction of sp³-hybridized carbons (Fsp3) is 0. The van der Waals surface area contributed by atoms with E-state index in [9.17, 15) is 0 Å². The average Bonchev–Trinajstić information content (AvgIpc) is 3.20. The maximum Gasteiger partial charge on any atom is 0.222 e. The number of aromatic amines is 1. The van der Waals surface area contributed by atoms with E-state index in [4.69, 9.17) is 11.5 Å². The topological polar surface area (TPSA) is 93.6 Å². The molecule has 5 nitrogen and oxygen atoms in total. The molecule has 5 N–H and O–H groups in total. The van der Waals surface area contributed by atoms with Gasteiger partial charge in [-0.1, -0.05) is 18.2 Å². The van der Waals surface area contributed by atoms with E-state index >= 15 is 0 Å². The molecular weight excluding hydrogens is 318 g/mol. The molecule has 6 heteroatoms. The number of H-pyrrole nitrogens is 1. The van der Waals surface area contributed by atoms with Crippen LogP contribution in [0.2, 0.25) is 0 Å². The van der Waals surface area contributed by atoms with Gasteiger partial charge in [-0.05, 0) is 29.7 Å². The van der Waals surface area contributed by atoms with Crippen LogP contribution in [0.5, 0.6) is 0 Å². The number of nitrogen functional groups attached to an aromatic ring is 2. The normalized spacial score (nSPS) is 11.7. The summed E-state index contributed by atoms with van der Waals surface area (Å²) in [5.41, 5.74) is 14.8. The molecule has 0 saturated carbocycles. The predicted octanol–water partition coefficient (Wildman–Crippen LogP) is 4.16. The Balaban J connectivity index is 1.91. The van der Waals surface area contributed by atoms with Crippen molar-refractivity contribution in [3.8, 4) is 10.4 Å². The van der Waals surface area contributed by atoms with Crippen molar-refractivity contribution in [1.82, 2.24) is 15.0 Å². The van der Waals surface area contributed by atoms with Crippen LogP contribution in [0.1, 0.15) is 0 Å². The van der Waals surface area contributed by atoms with Gasteiger partial charge in [0.2, 0.25) is 5.95 Å². The SMILES string of the molecule is Nc1nc(N)c2c(cc(-c3cc4ccccc4s3)c3[nH]ccc32)n1. The molecule has 3 aromatic heterocycles. The van der Waals surface area contributed by atoms with Gasteiger partial charge in [-0.2, -0.15) is 4.98 Å². The van der Waals surface area contributed by atoms with E-state index in [-0.39, 0.29) is 5.95 Å². The van der Waals surface area contributed by atoms with Crippen LogP contribution in [0.3, 0.4) is 0 Å². The summed E-state index contributed by atoms with van der Waals surface area (Å²) in [6.45, 7) is 0. The number of hydrogen-bond acceptors (Lipinski definition) is 5. The smallest absolute Gasteiger partial charge is 0.222 e. The van der Waals surface area contributed by atoms with Gasteiger partial charge in [0.25, 0.3) is 0 Å². The number of benzene rings is 2. The molecule has 2 aromatic carbocycles. The summed E-state index contributed by atoms with van der Waals surface area (Å²) in [4.78, 5) is 13.0. The van der Waals surface area contributed by atoms with E-state index in [1.165, 1.54) is 15.0 Å². The molecule has 3 heterocycles. The Bertz CT molecular complexity index is 1200. The maximum atomic E-state index is 6.09. The highest BCUT2D eigenvalue weighted by Gasteiger charge is 2.15. The molecule has 0 radical (unpaired) electrons. The van der Waals surface area contributed by atoms with Crippen molar-refractivity contribution in [2.45, 2.75) is 0 Å². The lowest BCUT2D eigenvalue weighted by molar-refractivity contribution is 1.25. The number of nitrogens with zero attached hydrogens (tertiary/aromatic N) is 2. The van der Waals surface area contributed by atoms with Crippen molar-refractivity contribution in [1.29, 1.82) is 0 Å². The Morgan fingerprint density at radius 1 is 1.00 bits per heavy atom. The van der Waals surface area contributed by atoms with Gasteiger partial charge in [-0.3, -0.25) is 0 Å². The van der Waals surface area contributed by atoms with Gasteiger partial charge in [0.15, 0.2) is 0 Å². The van der Waals surface area contributed by atoms with Gasteiger partial charge in [0, 0.05) is 26.7 Å². The van der Waals surface area contributed by atoms with Crippen LogP contribution < -0.4 is 11.5 Å². The van der Waals surface area contributed by atoms with Gasteiger partial charge in [0.1, 0.15) is 5.82 Å². The standard InChI is InChI=1S/C18H13N5S/c19-17-15-10-5-6-21-16(10)11(8-12(15)22-18(20)23-17)14-7-9-3-1-2-4-13(9)24-14/h1-8,21H,(H4,19,20,22,23). The zero-order valence-electron chi connectivity index (χ0n) is 12.6. The number of rotatable bonds is 1. The lowest BCUT2D eigenvalue weighted by atomic mass is 10.0. The zero-order valence-corrected chi connectivity index (χ0v) is 13.4. The third-order valence-corrected chi connectivity index (χ3v) is 5.39. The van der Waals surface area contributed by atoms with Crippen LogP contribution in [0.4, 0.5) is 11.8 Å². The maximum absolute atomic E-state index is 6.09. The molecule has 116 valence electrons. The van der Waals surface area contributed by atoms with Crippen LogP contribution in [0, 0.1) is 0 Å². The van der Waals surface area contributed by atoms with Gasteiger partial charge in [-0.25, -0.2) is 4.98 Å². The largest absolute Gasteiger partial charge is 0.383 e. The first-order valence-corrected chi connectivity index (χ1v) is 8.34. The molecule has 0 saturated heterocycles. The van der Waals surface area contributed by atoms with Crippen molar-refractivity contribution in [3.63, 3.8) is 0 Å². The van der Waals surface area contributed by atoms with E-state index < -0.39 is 0 Å². The Kier molecular flexibility index (Phi) is 2.60. The summed E-state index contributed by atoms with van der Waals surface area (Å²) < 4.78 is 1.26. The van der Waals surface area contributed by atoms with E-state index in [0.717, 1.165) is 27.4 Å². The van der Waals surface area contributed by atoms with Gasteiger partial charge in [0.05, 0.1) is 16.4 Å². The molecule has 24 heavy (non-hydrogen) atoms. The van der Waals surface area contributed by atoms with Crippen LogP contribution in [-0.4, -0.2) is 15.0 Å². The first-order valence-electron chi connectivity index (χ1n) is 7.52. The molecule has 5 aromatic rings. The molecule has 0 aliphatic heterocycles. The van der Waals surface area contributed by atoms with Crippen molar-refractivity contribution >= 4 is 55.0 Å². The molecule has 5 rings (SSSR count). The average molecular weight is 331 g/mol. The number of hydrogen-bond donors (Lipinski definition) is 3. The van der Waals surface area contributed by atoms with Crippen LogP contribution >= 0.6 is 11.3 Å². The third-order valence-electron chi connectivity index (χ3n) is 4.24. The highest BCUT2D eigenvalue weighted by atomic mass is 32.1. The quantitative estimate of drug-likeness (QED) is 0.430. The molecular formula is C18H13N5S. The number of fused-ring (bicyclic) bond motifs is 4. The Labute approximate surface area is 141 Å². The molecule has 0 aliphatic rings. The summed E-state index contributed by atoms with van der Waals surface area (Å²) in [5, 5.41) is 3.08. The molecule has 0 bridgehead atoms. The second kappa shape index (κ2) is 4.69. The minimum absolute atomic E-state index is 0.192. The molecule has 0 atom stereocenters. The number of thiophene rings is 1. The van der Waals surface area contributed by atoms with Gasteiger partial charge < -0.3 is 16.5 Å². The minimum Gasteiger partial charge on any atom is -0.383 e. The molecule has 0 fully saturated rings. The second-order valence-electron chi connectivity index (χ2n) is 5.70. The first-order chi connectivity index (χ1) is 11.7. The Hall–Kier alpha value is -3.12. The molecule has 0 spiro atoms. The number of nitrogens with one attached hydrogen (secondary N) is 1. The first kappa shape index (κ1) is 13.3. The Morgan fingerprint density at radius 3 is 2.75 bits per heavy atom. The van der Waals surface area contributed by atoms with Crippen LogP contribution in [-0.2, 0) is 0 Å². The van der Waals surface area contributed by atoms with Crippen molar-refractivity contribution in [2.24, 2.45) is 0 Å². The van der Waals surface area contributed by atoms with E-state index in [1.807, 2.05) is 18.3 Å². The highest BCUT2D eigenvalue weighted by Crippen LogP contribution is 2.40. The van der Waals surface area contributed by atoms with Gasteiger partial charge in [-0.15, -0.1) is 11.3 Å². The molecule has 0 amide bonds. The lowest BCUT2D eigenvalue weighted by Gasteiger charge is -2.07. The van der Waals surface area contributed by atoms with E-state index in [0.29, 0.717) is 5.82 Å². The third kappa shape index (κ3) is 1.80. The summed E-state index contributed by atoms with van der Waals surface area (Å²) in [6, 6.07) is 14.6. The molecule has 0 unspecified atom stereocenters. The fourth-order valence-electron chi connectivity index (χ4n) is 3.21. The summed E-state index contributed by atoms with van der Waals surface area (Å²) in [5.74, 6) is 0.599. The molecule has 0 aliphatic carbocycles. The van der Waals surface area contributed by atoms with E-state index in [2.05, 4.69) is 45.3 Å². The number of aromatic nitrogens is 3. The zero-order chi connectivity index (χ0) is 16.3. The second-order valence-corrected chi connectivity index (χ2v) is 6.78. The number of nitrogens with two attached hydrogens (primary N) is 2. The van der Waals surface area contributed by atoms with E-state index in [1.54, 1.807) is 11.3 Å².